The van der Waals surface area contributed by atoms with Crippen LogP contribution in [0.25, 0.3) is 0 Å². The average molecular weight is 839 g/mol. The van der Waals surface area contributed by atoms with Gasteiger partial charge in [0.05, 0.1) is 51.8 Å². The van der Waals surface area contributed by atoms with Crippen molar-refractivity contribution in [3.8, 4) is 5.75 Å². The minimum atomic E-state index is -1.20. The van der Waals surface area contributed by atoms with Crippen molar-refractivity contribution in [3.63, 3.8) is 0 Å². The van der Waals surface area contributed by atoms with Crippen LogP contribution in [-0.2, 0) is 47.7 Å². The number of amides is 4. The second-order valence-corrected chi connectivity index (χ2v) is 13.8. The van der Waals surface area contributed by atoms with Crippen molar-refractivity contribution in [1.29, 1.82) is 0 Å². The first-order valence-corrected chi connectivity index (χ1v) is 20.6. The summed E-state index contributed by atoms with van der Waals surface area (Å²) in [5.74, 6) is -2.64. The minimum Gasteiger partial charge on any atom is -0.494 e. The molecule has 0 aliphatic heterocycles. The van der Waals surface area contributed by atoms with Crippen LogP contribution < -0.4 is 26.0 Å². The first-order valence-electron chi connectivity index (χ1n) is 20.6. The minimum absolute atomic E-state index is 0.0474. The van der Waals surface area contributed by atoms with Gasteiger partial charge in [0.2, 0.25) is 23.6 Å². The molecule has 1 atom stereocenters. The molecule has 334 valence electrons. The number of carboxylic acids is 2. The highest BCUT2D eigenvalue weighted by Crippen LogP contribution is 2.14. The quantitative estimate of drug-likeness (QED) is 0.0522. The number of hydrogen-bond donors (Lipinski definition) is 6. The Hall–Kier alpha value is -4.65. The number of nitrogens with one attached hydrogen (secondary N) is 4. The van der Waals surface area contributed by atoms with E-state index in [-0.39, 0.29) is 120 Å². The van der Waals surface area contributed by atoms with E-state index in [1.807, 2.05) is 0 Å². The maximum absolute atomic E-state index is 12.3. The van der Waals surface area contributed by atoms with Crippen LogP contribution in [0.3, 0.4) is 0 Å². The van der Waals surface area contributed by atoms with Crippen molar-refractivity contribution in [1.82, 2.24) is 21.3 Å². The standard InChI is InChI=1S/C41H66N4O14/c1-32(46)12-8-7-10-20-42-38(49)30-57-28-27-56-25-22-44-39(50)31-58-29-26-55-24-21-43-36(47)19-18-35(41(53)54)45-37(48)13-9-5-3-2-4-6-11-23-59-34-16-14-33(15-17-34)40(51)52/h14-17,35H,2-13,18-31H2,1H3,(H,42,49)(H,43,47)(H,44,50)(H,45,48)(H,51,52)(H,53,54). The lowest BCUT2D eigenvalue weighted by atomic mass is 10.1. The summed E-state index contributed by atoms with van der Waals surface area (Å²) < 4.78 is 26.9. The molecule has 4 amide bonds. The number of hydrogen-bond acceptors (Lipinski definition) is 12. The van der Waals surface area contributed by atoms with Crippen molar-refractivity contribution >= 4 is 41.4 Å². The molecule has 0 saturated heterocycles. The Morgan fingerprint density at radius 3 is 1.61 bits per heavy atom. The predicted molar refractivity (Wildman–Crippen MR) is 216 cm³/mol. The van der Waals surface area contributed by atoms with Crippen LogP contribution in [0.5, 0.6) is 5.75 Å². The average Bonchev–Trinajstić information content (AvgIpc) is 3.20. The summed E-state index contributed by atoms with van der Waals surface area (Å²) in [5, 5.41) is 29.0. The van der Waals surface area contributed by atoms with E-state index in [0.717, 1.165) is 57.8 Å². The van der Waals surface area contributed by atoms with Crippen molar-refractivity contribution in [2.75, 3.05) is 79.1 Å². The molecule has 18 heteroatoms. The molecule has 0 spiro atoms. The molecule has 6 N–H and O–H groups in total. The fourth-order valence-electron chi connectivity index (χ4n) is 5.34. The van der Waals surface area contributed by atoms with Gasteiger partial charge in [0, 0.05) is 38.9 Å². The number of unbranched alkanes of at least 4 members (excludes halogenated alkanes) is 8. The zero-order valence-electron chi connectivity index (χ0n) is 34.6. The Labute approximate surface area is 347 Å². The van der Waals surface area contributed by atoms with Crippen LogP contribution in [0.2, 0.25) is 0 Å². The second-order valence-electron chi connectivity index (χ2n) is 13.8. The third-order valence-electron chi connectivity index (χ3n) is 8.59. The zero-order chi connectivity index (χ0) is 43.4. The molecule has 0 aliphatic rings. The molecule has 0 aromatic heterocycles. The lowest BCUT2D eigenvalue weighted by Crippen LogP contribution is -2.41. The fraction of sp³-hybridized carbons (Fsp3) is 0.683. The van der Waals surface area contributed by atoms with E-state index in [1.165, 1.54) is 12.1 Å². The van der Waals surface area contributed by atoms with Gasteiger partial charge in [-0.05, 0) is 63.3 Å². The van der Waals surface area contributed by atoms with Crippen LogP contribution in [0, 0.1) is 0 Å². The van der Waals surface area contributed by atoms with E-state index in [4.69, 9.17) is 28.8 Å². The summed E-state index contributed by atoms with van der Waals surface area (Å²) in [6.45, 7) is 4.23. The summed E-state index contributed by atoms with van der Waals surface area (Å²) >= 11 is 0. The summed E-state index contributed by atoms with van der Waals surface area (Å²) in [4.78, 5) is 81.5. The molecule has 0 radical (unpaired) electrons. The van der Waals surface area contributed by atoms with Crippen molar-refractivity contribution < 1.29 is 67.5 Å². The van der Waals surface area contributed by atoms with Gasteiger partial charge in [-0.2, -0.15) is 0 Å². The first kappa shape index (κ1) is 52.4. The third kappa shape index (κ3) is 32.0. The first-order chi connectivity index (χ1) is 28.5. The predicted octanol–water partition coefficient (Wildman–Crippen LogP) is 2.80. The van der Waals surface area contributed by atoms with Crippen LogP contribution in [-0.4, -0.2) is 137 Å². The molecule has 0 fully saturated rings. The van der Waals surface area contributed by atoms with Gasteiger partial charge < -0.3 is 60.0 Å². The molecule has 0 aliphatic carbocycles. The van der Waals surface area contributed by atoms with Gasteiger partial charge in [-0.1, -0.05) is 38.5 Å². The van der Waals surface area contributed by atoms with E-state index < -0.39 is 18.0 Å². The van der Waals surface area contributed by atoms with E-state index in [9.17, 15) is 38.7 Å². The third-order valence-corrected chi connectivity index (χ3v) is 8.59. The highest BCUT2D eigenvalue weighted by Gasteiger charge is 2.20. The number of benzene rings is 1. The number of aliphatic carboxylic acids is 1. The van der Waals surface area contributed by atoms with Gasteiger partial charge in [0.25, 0.3) is 0 Å². The number of ether oxygens (including phenoxy) is 5. The molecule has 1 aromatic carbocycles. The summed E-state index contributed by atoms with van der Waals surface area (Å²) in [6.07, 6.45) is 9.49. The number of ketones is 1. The van der Waals surface area contributed by atoms with Gasteiger partial charge in [0.1, 0.15) is 30.8 Å². The Kier molecular flexibility index (Phi) is 31.3. The zero-order valence-corrected chi connectivity index (χ0v) is 34.6. The van der Waals surface area contributed by atoms with E-state index in [0.29, 0.717) is 31.7 Å². The topological polar surface area (TPSA) is 254 Å². The number of aromatic carboxylic acids is 1. The summed E-state index contributed by atoms with van der Waals surface area (Å²) in [5.41, 5.74) is 0.215. The number of carbonyl (C=O) groups excluding carboxylic acids is 5. The molecule has 1 rings (SSSR count). The largest absolute Gasteiger partial charge is 0.494 e. The van der Waals surface area contributed by atoms with Crippen LogP contribution in [0.4, 0.5) is 0 Å². The normalized spacial score (nSPS) is 11.3. The van der Waals surface area contributed by atoms with Crippen LogP contribution >= 0.6 is 0 Å². The Balaban J connectivity index is 1.93. The highest BCUT2D eigenvalue weighted by atomic mass is 16.5. The van der Waals surface area contributed by atoms with Gasteiger partial charge in [-0.15, -0.1) is 0 Å². The molecular weight excluding hydrogens is 772 g/mol. The number of rotatable bonds is 39. The van der Waals surface area contributed by atoms with E-state index in [1.54, 1.807) is 19.1 Å². The van der Waals surface area contributed by atoms with Crippen LogP contribution in [0.15, 0.2) is 24.3 Å². The fourth-order valence-corrected chi connectivity index (χ4v) is 5.34. The molecule has 1 aromatic rings. The van der Waals surface area contributed by atoms with E-state index >= 15 is 0 Å². The smallest absolute Gasteiger partial charge is 0.335 e. The molecular formula is C41H66N4O14. The molecule has 0 saturated carbocycles. The maximum atomic E-state index is 12.3. The summed E-state index contributed by atoms with van der Waals surface area (Å²) in [6, 6.07) is 5.13. The Bertz CT molecular complexity index is 1360. The lowest BCUT2D eigenvalue weighted by molar-refractivity contribution is -0.142. The Morgan fingerprint density at radius 1 is 0.525 bits per heavy atom. The van der Waals surface area contributed by atoms with Crippen molar-refractivity contribution in [2.24, 2.45) is 0 Å². The number of Topliss-reactive ketones (excluding diaryl/α,β-unsaturated/α-hetero) is 1. The molecule has 59 heavy (non-hydrogen) atoms. The molecule has 0 heterocycles. The van der Waals surface area contributed by atoms with Crippen molar-refractivity contribution in [3.05, 3.63) is 29.8 Å². The van der Waals surface area contributed by atoms with Gasteiger partial charge in [-0.3, -0.25) is 19.2 Å². The van der Waals surface area contributed by atoms with Gasteiger partial charge in [-0.25, -0.2) is 9.59 Å². The van der Waals surface area contributed by atoms with Gasteiger partial charge >= 0.3 is 11.9 Å². The lowest BCUT2D eigenvalue weighted by Gasteiger charge is -2.14. The van der Waals surface area contributed by atoms with Crippen molar-refractivity contribution in [2.45, 2.75) is 103 Å². The molecule has 18 nitrogen and oxygen atoms in total. The number of carboxylic acid groups (broad SMARTS) is 2. The molecule has 0 bridgehead atoms. The van der Waals surface area contributed by atoms with Crippen LogP contribution in [0.1, 0.15) is 107 Å². The van der Waals surface area contributed by atoms with Gasteiger partial charge in [0.15, 0.2) is 0 Å². The summed E-state index contributed by atoms with van der Waals surface area (Å²) in [7, 11) is 0. The SMILES string of the molecule is CC(=O)CCCCCNC(=O)COCCOCCNC(=O)COCCOCCNC(=O)CCC(NC(=O)CCCCCCCCCOc1ccc(C(=O)O)cc1)C(=O)O. The highest BCUT2D eigenvalue weighted by molar-refractivity contribution is 5.87. The maximum Gasteiger partial charge on any atom is 0.335 e. The Morgan fingerprint density at radius 2 is 1.03 bits per heavy atom. The number of carbonyl (C=O) groups is 7. The second kappa shape index (κ2) is 35.3. The molecule has 1 unspecified atom stereocenters. The monoisotopic (exact) mass is 838 g/mol. The van der Waals surface area contributed by atoms with E-state index in [2.05, 4.69) is 21.3 Å².